The molecule has 1 aromatic carbocycles. The number of nitrogens with zero attached hydrogens (tertiary/aromatic N) is 2. The van der Waals surface area contributed by atoms with Gasteiger partial charge in [0, 0.05) is 17.7 Å². The molecule has 2 rings (SSSR count). The molecular formula is C17H24N2OS2. The fourth-order valence-electron chi connectivity index (χ4n) is 2.25. The standard InChI is InChI=1S/C17H24N2OS2/c1-11-9-12(2)14-13(10-11)19(7-8-21-6)16(22-14)18-15(20)17(3,4)5/h9-10H,7-8H2,1-6H3. The van der Waals surface area contributed by atoms with Crippen LogP contribution in [-0.2, 0) is 11.3 Å². The number of thioether (sulfide) groups is 1. The van der Waals surface area contributed by atoms with E-state index >= 15 is 0 Å². The van der Waals surface area contributed by atoms with E-state index in [1.165, 1.54) is 21.3 Å². The first-order valence-electron chi connectivity index (χ1n) is 7.42. The summed E-state index contributed by atoms with van der Waals surface area (Å²) in [5.74, 6) is 0.946. The van der Waals surface area contributed by atoms with Crippen molar-refractivity contribution in [2.75, 3.05) is 12.0 Å². The van der Waals surface area contributed by atoms with Crippen LogP contribution in [0.25, 0.3) is 10.2 Å². The van der Waals surface area contributed by atoms with Gasteiger partial charge in [-0.05, 0) is 37.3 Å². The first kappa shape index (κ1) is 17.3. The number of carbonyl (C=O) groups excluding carboxylic acids is 1. The van der Waals surface area contributed by atoms with Crippen LogP contribution in [0.2, 0.25) is 0 Å². The van der Waals surface area contributed by atoms with Gasteiger partial charge in [-0.1, -0.05) is 38.2 Å². The topological polar surface area (TPSA) is 34.4 Å². The second-order valence-electron chi connectivity index (χ2n) is 6.63. The molecule has 5 heteroatoms. The molecule has 120 valence electrons. The Kier molecular flexibility index (Phi) is 5.17. The Morgan fingerprint density at radius 3 is 2.59 bits per heavy atom. The van der Waals surface area contributed by atoms with Gasteiger partial charge in [0.2, 0.25) is 0 Å². The molecular weight excluding hydrogens is 312 g/mol. The maximum atomic E-state index is 12.3. The Hall–Kier alpha value is -1.07. The molecule has 0 unspecified atom stereocenters. The number of hydrogen-bond donors (Lipinski definition) is 0. The lowest BCUT2D eigenvalue weighted by Crippen LogP contribution is -2.24. The van der Waals surface area contributed by atoms with Gasteiger partial charge in [0.25, 0.3) is 5.91 Å². The van der Waals surface area contributed by atoms with E-state index < -0.39 is 5.41 Å². The van der Waals surface area contributed by atoms with Gasteiger partial charge >= 0.3 is 0 Å². The van der Waals surface area contributed by atoms with E-state index in [2.05, 4.69) is 41.8 Å². The molecule has 2 aromatic rings. The minimum absolute atomic E-state index is 0.0636. The molecule has 22 heavy (non-hydrogen) atoms. The molecule has 0 radical (unpaired) electrons. The Bertz CT molecular complexity index is 763. The summed E-state index contributed by atoms with van der Waals surface area (Å²) in [7, 11) is 0. The third-order valence-electron chi connectivity index (χ3n) is 3.47. The number of aromatic nitrogens is 1. The molecule has 0 spiro atoms. The third-order valence-corrected chi connectivity index (χ3v) is 5.29. The van der Waals surface area contributed by atoms with Gasteiger partial charge in [-0.2, -0.15) is 16.8 Å². The molecule has 0 saturated heterocycles. The molecule has 1 amide bonds. The molecule has 0 bridgehead atoms. The number of fused-ring (bicyclic) bond motifs is 1. The van der Waals surface area contributed by atoms with Crippen LogP contribution in [0.4, 0.5) is 0 Å². The molecule has 1 heterocycles. The number of thiazole rings is 1. The van der Waals surface area contributed by atoms with E-state index in [0.29, 0.717) is 0 Å². The van der Waals surface area contributed by atoms with Crippen LogP contribution in [-0.4, -0.2) is 22.5 Å². The highest BCUT2D eigenvalue weighted by Gasteiger charge is 2.21. The minimum Gasteiger partial charge on any atom is -0.315 e. The van der Waals surface area contributed by atoms with Gasteiger partial charge in [0.05, 0.1) is 10.2 Å². The Balaban J connectivity index is 2.70. The summed E-state index contributed by atoms with van der Waals surface area (Å²) in [4.78, 5) is 17.6. The summed E-state index contributed by atoms with van der Waals surface area (Å²) in [6.07, 6.45) is 2.10. The van der Waals surface area contributed by atoms with Crippen molar-refractivity contribution in [2.45, 2.75) is 41.2 Å². The Morgan fingerprint density at radius 2 is 2.00 bits per heavy atom. The van der Waals surface area contributed by atoms with Crippen LogP contribution in [0, 0.1) is 19.3 Å². The number of carbonyl (C=O) groups is 1. The zero-order valence-corrected chi connectivity index (χ0v) is 15.8. The highest BCUT2D eigenvalue weighted by atomic mass is 32.2. The zero-order valence-electron chi connectivity index (χ0n) is 14.2. The molecule has 0 aliphatic rings. The van der Waals surface area contributed by atoms with Crippen LogP contribution < -0.4 is 4.80 Å². The Labute approximate surface area is 140 Å². The third kappa shape index (κ3) is 3.63. The first-order valence-corrected chi connectivity index (χ1v) is 9.63. The molecule has 0 aliphatic heterocycles. The van der Waals surface area contributed by atoms with Gasteiger partial charge < -0.3 is 4.57 Å². The lowest BCUT2D eigenvalue weighted by Gasteiger charge is -2.12. The average Bonchev–Trinajstić information content (AvgIpc) is 2.73. The van der Waals surface area contributed by atoms with E-state index in [4.69, 9.17) is 0 Å². The van der Waals surface area contributed by atoms with Crippen molar-refractivity contribution < 1.29 is 4.79 Å². The summed E-state index contributed by atoms with van der Waals surface area (Å²) in [5.41, 5.74) is 3.24. The average molecular weight is 337 g/mol. The van der Waals surface area contributed by atoms with Gasteiger partial charge in [0.15, 0.2) is 4.80 Å². The summed E-state index contributed by atoms with van der Waals surface area (Å²) in [6.45, 7) is 10.8. The smallest absolute Gasteiger partial charge is 0.253 e. The number of hydrogen-bond acceptors (Lipinski definition) is 3. The largest absolute Gasteiger partial charge is 0.315 e. The molecule has 1 aromatic heterocycles. The second-order valence-corrected chi connectivity index (χ2v) is 8.59. The van der Waals surface area contributed by atoms with Crippen LogP contribution in [0.15, 0.2) is 17.1 Å². The van der Waals surface area contributed by atoms with Gasteiger partial charge in [-0.15, -0.1) is 0 Å². The van der Waals surface area contributed by atoms with E-state index in [1.54, 1.807) is 11.3 Å². The van der Waals surface area contributed by atoms with Crippen LogP contribution in [0.3, 0.4) is 0 Å². The van der Waals surface area contributed by atoms with Crippen molar-refractivity contribution in [3.8, 4) is 0 Å². The summed E-state index contributed by atoms with van der Waals surface area (Å²) in [5, 5.41) is 0. The summed E-state index contributed by atoms with van der Waals surface area (Å²) in [6, 6.07) is 4.38. The minimum atomic E-state index is -0.446. The predicted molar refractivity (Wildman–Crippen MR) is 97.7 cm³/mol. The van der Waals surface area contributed by atoms with E-state index in [9.17, 15) is 4.79 Å². The van der Waals surface area contributed by atoms with Crippen molar-refractivity contribution in [3.05, 3.63) is 28.1 Å². The molecule has 0 fully saturated rings. The van der Waals surface area contributed by atoms with Crippen LogP contribution in [0.5, 0.6) is 0 Å². The summed E-state index contributed by atoms with van der Waals surface area (Å²) >= 11 is 3.43. The maximum Gasteiger partial charge on any atom is 0.253 e. The maximum absolute atomic E-state index is 12.3. The van der Waals surface area contributed by atoms with E-state index in [0.717, 1.165) is 17.1 Å². The lowest BCUT2D eigenvalue weighted by atomic mass is 9.96. The normalized spacial score (nSPS) is 13.1. The molecule has 0 atom stereocenters. The van der Waals surface area contributed by atoms with Crippen molar-refractivity contribution in [3.63, 3.8) is 0 Å². The number of aryl methyl sites for hydroxylation is 3. The molecule has 0 saturated carbocycles. The fourth-order valence-corrected chi connectivity index (χ4v) is 3.72. The monoisotopic (exact) mass is 336 g/mol. The second kappa shape index (κ2) is 6.59. The van der Waals surface area contributed by atoms with Crippen LogP contribution >= 0.6 is 23.1 Å². The van der Waals surface area contributed by atoms with Gasteiger partial charge in [0.1, 0.15) is 0 Å². The number of amides is 1. The molecule has 0 aliphatic carbocycles. The van der Waals surface area contributed by atoms with Crippen molar-refractivity contribution in [1.29, 1.82) is 0 Å². The highest BCUT2D eigenvalue weighted by Crippen LogP contribution is 2.24. The van der Waals surface area contributed by atoms with Crippen molar-refractivity contribution >= 4 is 39.2 Å². The Morgan fingerprint density at radius 1 is 1.32 bits per heavy atom. The number of benzene rings is 1. The predicted octanol–water partition coefficient (Wildman–Crippen LogP) is 4.16. The fraction of sp³-hybridized carbons (Fsp3) is 0.529. The van der Waals surface area contributed by atoms with Gasteiger partial charge in [-0.25, -0.2) is 0 Å². The first-order chi connectivity index (χ1) is 10.2. The summed E-state index contributed by atoms with van der Waals surface area (Å²) < 4.78 is 3.42. The lowest BCUT2D eigenvalue weighted by molar-refractivity contribution is -0.125. The SMILES string of the molecule is CSCCn1c(=NC(=O)C(C)(C)C)sc2c(C)cc(C)cc21. The highest BCUT2D eigenvalue weighted by molar-refractivity contribution is 7.98. The molecule has 3 nitrogen and oxygen atoms in total. The molecule has 0 N–H and O–H groups in total. The zero-order chi connectivity index (χ0) is 16.5. The van der Waals surface area contributed by atoms with Gasteiger partial charge in [-0.3, -0.25) is 4.79 Å². The van der Waals surface area contributed by atoms with Crippen molar-refractivity contribution in [2.24, 2.45) is 10.4 Å². The quantitative estimate of drug-likeness (QED) is 0.843. The van der Waals surface area contributed by atoms with E-state index in [-0.39, 0.29) is 5.91 Å². The van der Waals surface area contributed by atoms with Crippen LogP contribution in [0.1, 0.15) is 31.9 Å². The number of rotatable bonds is 3. The van der Waals surface area contributed by atoms with Crippen molar-refractivity contribution in [1.82, 2.24) is 4.57 Å². The van der Waals surface area contributed by atoms with E-state index in [1.807, 2.05) is 32.5 Å².